The monoisotopic (exact) mass is 1640 g/mol. The number of methoxy groups -OCH3 is 2. The van der Waals surface area contributed by atoms with Crippen molar-refractivity contribution in [1.82, 2.24) is 19.9 Å². The van der Waals surface area contributed by atoms with Crippen LogP contribution in [0.25, 0.3) is 22.2 Å². The van der Waals surface area contributed by atoms with Crippen molar-refractivity contribution in [3.63, 3.8) is 0 Å². The Bertz CT molecular complexity index is 3710. The van der Waals surface area contributed by atoms with E-state index in [0.29, 0.717) is 111 Å². The molecule has 10 fully saturated rings. The number of hydrogen-bond donors (Lipinski definition) is 3. The first-order chi connectivity index (χ1) is 54.5. The van der Waals surface area contributed by atoms with Gasteiger partial charge in [-0.2, -0.15) is 0 Å². The summed E-state index contributed by atoms with van der Waals surface area (Å²) in [5.74, 6) is 3.44. The van der Waals surface area contributed by atoms with Gasteiger partial charge in [0.15, 0.2) is 0 Å². The second-order valence-electron chi connectivity index (χ2n) is 33.3. The normalized spacial score (nSPS) is 22.2. The standard InChI is InChI=1S/C23H26FN5O.C16H19BrFNO.C11H19NO4.C10H17NO4.C10H17NO.C10H16O2.C7H12O/c1-28-12-18(21-22(25)26-13-27-23(21)28)17-8-7-16(10-19(17)24)29-11-15(9-20(29)30)14-5-3-2-4-6-14;17-14-7-6-13(9-15(14)18)19-10-12(8-16(19)20)11-4-2-1-3-5-11;1-16-11(13)7-10(8-12(14)15)9-5-3-2-4-6-9;12-10(13)6-9(7-11(14)15)8-4-2-1-3-5-8;12-10-6-9(7-11-10)8-4-2-1-3-5-8;1-12-10(11)8-7-9-5-3-2-4-6-9;8-6-7-4-2-1-3-5-7/h7-8,10,12-15H,2-6,9,11H2,1H3,(H2,25,26,27);6-7,9,11-12H,1-5,8,10H2;9-10H,2-8H2,1H3;8-9H,1-7H2,(H,12,13);8-9H,1-7H2,(H,11,12);7-9H,2-6H2,1H3;6-7H,1-5H2/b;;;;;8-7+;. The average molecular weight is 1640 g/mol. The Labute approximate surface area is 675 Å². The van der Waals surface area contributed by atoms with Crippen molar-refractivity contribution in [2.45, 2.75) is 257 Å². The van der Waals surface area contributed by atoms with Crippen LogP contribution in [0, 0.1) is 103 Å². The highest BCUT2D eigenvalue weighted by molar-refractivity contribution is 9.10. The summed E-state index contributed by atoms with van der Waals surface area (Å²) in [4.78, 5) is 111. The maximum Gasteiger partial charge on any atom is 0.330 e. The summed E-state index contributed by atoms with van der Waals surface area (Å²) < 4.78 is 40.2. The summed E-state index contributed by atoms with van der Waals surface area (Å²) in [7, 11) is 4.58. The molecule has 3 saturated heterocycles. The van der Waals surface area contributed by atoms with Gasteiger partial charge < -0.3 is 44.8 Å². The fraction of sp³-hybridized carbons (Fsp3) is 0.690. The number of rotatable bonds is 19. The lowest BCUT2D eigenvalue weighted by Gasteiger charge is -2.27. The van der Waals surface area contributed by atoms with E-state index in [1.165, 1.54) is 193 Å². The number of benzene rings is 2. The molecule has 2 aromatic carbocycles. The highest BCUT2D eigenvalue weighted by Crippen LogP contribution is 2.42. The van der Waals surface area contributed by atoms with Crippen LogP contribution < -0.4 is 20.9 Å². The van der Waals surface area contributed by atoms with Crippen LogP contribution in [0.2, 0.25) is 0 Å². The highest BCUT2D eigenvalue weighted by Gasteiger charge is 2.39. The van der Waals surface area contributed by atoms with Gasteiger partial charge >= 0.3 is 17.9 Å². The smallest absolute Gasteiger partial charge is 0.330 e. The number of aliphatic carboxylic acids is 1. The van der Waals surface area contributed by atoms with Crippen molar-refractivity contribution in [1.29, 1.82) is 0 Å². The number of anilines is 3. The number of aromatic nitrogens is 3. The van der Waals surface area contributed by atoms with Gasteiger partial charge in [0.05, 0.1) is 36.9 Å². The predicted octanol–water partition coefficient (Wildman–Crippen LogP) is 18.5. The molecule has 5 unspecified atom stereocenters. The van der Waals surface area contributed by atoms with Crippen LogP contribution in [-0.4, -0.2) is 118 Å². The number of nitrogens with one attached hydrogen (secondary N) is 1. The van der Waals surface area contributed by atoms with Crippen molar-refractivity contribution in [2.75, 3.05) is 62.5 Å². The summed E-state index contributed by atoms with van der Waals surface area (Å²) in [5.41, 5.74) is 9.11. The molecule has 113 heavy (non-hydrogen) atoms. The maximum absolute atomic E-state index is 15.2. The van der Waals surface area contributed by atoms with E-state index in [1.807, 2.05) is 36.0 Å². The molecule has 3 amide bonds. The number of hydrogen-bond acceptors (Lipinski definition) is 16. The summed E-state index contributed by atoms with van der Waals surface area (Å²) in [6.07, 6.45) is 52.8. The lowest BCUT2D eigenvalue weighted by molar-refractivity contribution is -0.490. The molecule has 5 atom stereocenters. The summed E-state index contributed by atoms with van der Waals surface area (Å²) in [6, 6.07) is 9.96. The summed E-state index contributed by atoms with van der Waals surface area (Å²) in [6.45, 7) is 2.09. The summed E-state index contributed by atoms with van der Waals surface area (Å²) >= 11 is 3.15. The minimum atomic E-state index is -0.924. The van der Waals surface area contributed by atoms with E-state index in [1.54, 1.807) is 28.0 Å². The number of ether oxygens (including phenoxy) is 2. The van der Waals surface area contributed by atoms with E-state index >= 15 is 4.39 Å². The number of carboxylic acid groups (broad SMARTS) is 1. The SMILES string of the molecule is COC(=O)/C=C/C1CCCCC1.COC(=O)CC(C[N+](=O)[O-])C1CCCCC1.Cn1cc(-c2ccc(N3CC(C4CCCCC4)CC3=O)cc2F)c2c(N)ncnc21.O=C(O)CC(C[N+](=O)[O-])C1CCCCC1.O=C1CC(C2CCCCC2)CN1.O=C1CC(C2CCCCC2)CN1c1ccc(Br)c(F)c1.O=CC1CCCCC1. The zero-order chi connectivity index (χ0) is 81.2. The fourth-order valence-corrected chi connectivity index (χ4v) is 19.4. The molecular formula is C87H126BrF2N9O14. The van der Waals surface area contributed by atoms with Crippen LogP contribution >= 0.6 is 15.9 Å². The Morgan fingerprint density at radius 2 is 1.04 bits per heavy atom. The van der Waals surface area contributed by atoms with Crippen molar-refractivity contribution < 1.29 is 66.8 Å². The minimum Gasteiger partial charge on any atom is -0.481 e. The second-order valence-corrected chi connectivity index (χ2v) is 34.2. The van der Waals surface area contributed by atoms with Crippen molar-refractivity contribution in [2.24, 2.45) is 78.1 Å². The molecule has 0 spiro atoms. The van der Waals surface area contributed by atoms with Crippen LogP contribution in [0.3, 0.4) is 0 Å². The Morgan fingerprint density at radius 1 is 0.593 bits per heavy atom. The third-order valence-corrected chi connectivity index (χ3v) is 26.2. The number of carboxylic acids is 1. The number of carbonyl (C=O) groups is 7. The average Bonchev–Trinajstić information content (AvgIpc) is 1.63. The lowest BCUT2D eigenvalue weighted by atomic mass is 9.78. The number of halogens is 3. The van der Waals surface area contributed by atoms with E-state index in [0.717, 1.165) is 95.9 Å². The molecule has 4 aromatic rings. The zero-order valence-corrected chi connectivity index (χ0v) is 68.8. The molecule has 0 bridgehead atoms. The molecular weight excluding hydrogens is 1510 g/mol. The number of esters is 2. The number of nitrogens with two attached hydrogens (primary N) is 1. The maximum atomic E-state index is 15.2. The molecule has 26 heteroatoms. The van der Waals surface area contributed by atoms with Crippen LogP contribution in [-0.2, 0) is 50.1 Å². The number of nitro groups is 2. The predicted molar refractivity (Wildman–Crippen MR) is 437 cm³/mol. The fourth-order valence-electron chi connectivity index (χ4n) is 19.1. The van der Waals surface area contributed by atoms with Crippen LogP contribution in [0.15, 0.2) is 65.5 Å². The van der Waals surface area contributed by atoms with E-state index < -0.39 is 5.97 Å². The highest BCUT2D eigenvalue weighted by atomic mass is 79.9. The molecule has 5 heterocycles. The van der Waals surface area contributed by atoms with Crippen molar-refractivity contribution in [3.05, 3.63) is 97.4 Å². The van der Waals surface area contributed by atoms with Crippen LogP contribution in [0.5, 0.6) is 0 Å². The summed E-state index contributed by atoms with van der Waals surface area (Å²) in [5, 5.41) is 33.3. The van der Waals surface area contributed by atoms with Gasteiger partial charge in [-0.15, -0.1) is 0 Å². The molecule has 10 aliphatic rings. The number of fused-ring (bicyclic) bond motifs is 1. The van der Waals surface area contributed by atoms with Gasteiger partial charge in [0.25, 0.3) is 0 Å². The largest absolute Gasteiger partial charge is 0.481 e. The van der Waals surface area contributed by atoms with E-state index in [-0.39, 0.29) is 94.8 Å². The third-order valence-electron chi connectivity index (χ3n) is 25.5. The van der Waals surface area contributed by atoms with E-state index in [9.17, 15) is 58.2 Å². The number of aryl methyl sites for hydroxylation is 1. The number of nitrogen functional groups attached to an aromatic ring is 1. The van der Waals surface area contributed by atoms with Gasteiger partial charge in [-0.1, -0.05) is 179 Å². The Morgan fingerprint density at radius 3 is 1.45 bits per heavy atom. The van der Waals surface area contributed by atoms with Gasteiger partial charge in [0.1, 0.15) is 35.7 Å². The Kier molecular flexibility index (Phi) is 38.5. The van der Waals surface area contributed by atoms with Crippen LogP contribution in [0.4, 0.5) is 26.0 Å². The zero-order valence-electron chi connectivity index (χ0n) is 67.2. The first kappa shape index (κ1) is 90.8. The molecule has 7 aliphatic carbocycles. The Hall–Kier alpha value is -7.77. The third kappa shape index (κ3) is 29.5. The van der Waals surface area contributed by atoms with Gasteiger partial charge in [-0.25, -0.2) is 23.5 Å². The number of amides is 3. The lowest BCUT2D eigenvalue weighted by Crippen LogP contribution is -2.27. The van der Waals surface area contributed by atoms with Gasteiger partial charge in [0, 0.05) is 108 Å². The van der Waals surface area contributed by atoms with Gasteiger partial charge in [0.2, 0.25) is 30.8 Å². The first-order valence-corrected chi connectivity index (χ1v) is 43.2. The number of carbonyl (C=O) groups excluding carboxylic acids is 6. The molecule has 4 N–H and O–H groups in total. The molecule has 0 radical (unpaired) electrons. The second kappa shape index (κ2) is 47.9. The molecule has 624 valence electrons. The Balaban J connectivity index is 0.000000172. The van der Waals surface area contributed by atoms with E-state index in [4.69, 9.17) is 10.8 Å². The van der Waals surface area contributed by atoms with Gasteiger partial charge in [-0.3, -0.25) is 44.2 Å². The quantitative estimate of drug-likeness (QED) is 0.0258. The number of allylic oxidation sites excluding steroid dienone is 1. The molecule has 7 saturated carbocycles. The van der Waals surface area contributed by atoms with Crippen LogP contribution in [0.1, 0.15) is 257 Å². The number of nitrogens with zero attached hydrogens (tertiary/aromatic N) is 7. The molecule has 2 aromatic heterocycles. The first-order valence-electron chi connectivity index (χ1n) is 42.4. The van der Waals surface area contributed by atoms with Gasteiger partial charge in [-0.05, 0) is 157 Å². The molecule has 14 rings (SSSR count). The van der Waals surface area contributed by atoms with Crippen molar-refractivity contribution >= 4 is 86.1 Å². The number of aldehydes is 1. The molecule has 23 nitrogen and oxygen atoms in total. The molecule has 3 aliphatic heterocycles. The van der Waals surface area contributed by atoms with E-state index in [2.05, 4.69) is 40.7 Å². The minimum absolute atomic E-state index is 0.0638. The van der Waals surface area contributed by atoms with Crippen molar-refractivity contribution in [3.8, 4) is 11.1 Å². The topological polar surface area (TPSA) is 320 Å².